The van der Waals surface area contributed by atoms with E-state index in [0.29, 0.717) is 12.0 Å². The van der Waals surface area contributed by atoms with Crippen molar-refractivity contribution in [3.63, 3.8) is 0 Å². The Hall–Kier alpha value is -3.41. The van der Waals surface area contributed by atoms with Gasteiger partial charge in [0.1, 0.15) is 0 Å². The third-order valence-corrected chi connectivity index (χ3v) is 4.56. The Morgan fingerprint density at radius 3 is 2.43 bits per heavy atom. The van der Waals surface area contributed by atoms with Crippen LogP contribution in [-0.2, 0) is 27.2 Å². The van der Waals surface area contributed by atoms with Crippen LogP contribution in [0.5, 0.6) is 0 Å². The average molecular weight is 408 g/mol. The number of esters is 1. The molecule has 0 spiro atoms. The van der Waals surface area contributed by atoms with Gasteiger partial charge in [0, 0.05) is 24.1 Å². The molecule has 2 aromatic carbocycles. The van der Waals surface area contributed by atoms with E-state index in [1.165, 1.54) is 17.7 Å². The Kier molecular flexibility index (Phi) is 9.31. The molecule has 6 nitrogen and oxygen atoms in total. The first kappa shape index (κ1) is 22.9. The maximum Gasteiger partial charge on any atom is 0.330 e. The number of hydrogen-bond donors (Lipinski definition) is 2. The van der Waals surface area contributed by atoms with Crippen LogP contribution in [0.4, 0.5) is 0 Å². The zero-order valence-corrected chi connectivity index (χ0v) is 17.2. The summed E-state index contributed by atoms with van der Waals surface area (Å²) in [7, 11) is 0. The second-order valence-electron chi connectivity index (χ2n) is 6.84. The van der Waals surface area contributed by atoms with Gasteiger partial charge in [-0.3, -0.25) is 9.59 Å². The van der Waals surface area contributed by atoms with Gasteiger partial charge >= 0.3 is 5.97 Å². The van der Waals surface area contributed by atoms with Crippen molar-refractivity contribution in [3.8, 4) is 0 Å². The van der Waals surface area contributed by atoms with Crippen LogP contribution in [0, 0.1) is 0 Å². The number of rotatable bonds is 11. The second kappa shape index (κ2) is 12.2. The molecule has 2 aromatic rings. The minimum Gasteiger partial charge on any atom is -0.463 e. The number of carbonyl (C=O) groups excluding carboxylic acids is 3. The quantitative estimate of drug-likeness (QED) is 0.441. The molecule has 0 aliphatic carbocycles. The van der Waals surface area contributed by atoms with Gasteiger partial charge in [0.15, 0.2) is 0 Å². The fourth-order valence-electron chi connectivity index (χ4n) is 3.03. The minimum absolute atomic E-state index is 0.0910. The summed E-state index contributed by atoms with van der Waals surface area (Å²) in [5.41, 5.74) is 7.94. The van der Waals surface area contributed by atoms with Crippen molar-refractivity contribution in [1.82, 2.24) is 5.32 Å². The molecule has 2 rings (SSSR count). The molecule has 0 heterocycles. The van der Waals surface area contributed by atoms with Crippen LogP contribution < -0.4 is 11.1 Å². The first-order valence-corrected chi connectivity index (χ1v) is 10.1. The van der Waals surface area contributed by atoms with Crippen LogP contribution in [0.25, 0.3) is 0 Å². The number of ether oxygens (including phenoxy) is 1. The largest absolute Gasteiger partial charge is 0.463 e. The summed E-state index contributed by atoms with van der Waals surface area (Å²) in [4.78, 5) is 35.7. The molecular formula is C24H28N2O4. The van der Waals surface area contributed by atoms with Gasteiger partial charge in [-0.1, -0.05) is 54.6 Å². The zero-order chi connectivity index (χ0) is 21.8. The highest BCUT2D eigenvalue weighted by Gasteiger charge is 2.16. The molecule has 3 N–H and O–H groups in total. The lowest BCUT2D eigenvalue weighted by atomic mass is 9.99. The summed E-state index contributed by atoms with van der Waals surface area (Å²) in [5.74, 6) is -1.23. The number of nitrogens with one attached hydrogen (secondary N) is 1. The van der Waals surface area contributed by atoms with Crippen LogP contribution in [0.15, 0.2) is 66.7 Å². The molecule has 0 aromatic heterocycles. The summed E-state index contributed by atoms with van der Waals surface area (Å²) >= 11 is 0. The number of hydrogen-bond acceptors (Lipinski definition) is 4. The van der Waals surface area contributed by atoms with E-state index in [1.807, 2.05) is 36.4 Å². The number of benzene rings is 2. The van der Waals surface area contributed by atoms with Gasteiger partial charge in [-0.2, -0.15) is 0 Å². The lowest BCUT2D eigenvalue weighted by Gasteiger charge is -2.16. The van der Waals surface area contributed by atoms with Crippen LogP contribution in [0.2, 0.25) is 0 Å². The summed E-state index contributed by atoms with van der Waals surface area (Å²) in [5, 5.41) is 2.88. The molecule has 1 atom stereocenters. The van der Waals surface area contributed by atoms with Gasteiger partial charge in [0.25, 0.3) is 5.91 Å². The molecular weight excluding hydrogens is 380 g/mol. The smallest absolute Gasteiger partial charge is 0.330 e. The van der Waals surface area contributed by atoms with Gasteiger partial charge in [0.2, 0.25) is 5.91 Å². The molecule has 0 unspecified atom stereocenters. The van der Waals surface area contributed by atoms with Crippen LogP contribution >= 0.6 is 0 Å². The molecule has 0 bridgehead atoms. The van der Waals surface area contributed by atoms with Crippen molar-refractivity contribution in [2.24, 2.45) is 5.73 Å². The molecule has 0 fully saturated rings. The van der Waals surface area contributed by atoms with Crippen molar-refractivity contribution in [2.75, 3.05) is 6.61 Å². The number of primary amides is 1. The maximum atomic E-state index is 12.9. The number of nitrogens with two attached hydrogens (primary N) is 1. The number of aryl methyl sites for hydroxylation is 2. The molecule has 158 valence electrons. The van der Waals surface area contributed by atoms with E-state index in [2.05, 4.69) is 17.4 Å². The Morgan fingerprint density at radius 1 is 1.03 bits per heavy atom. The number of carbonyl (C=O) groups is 3. The highest BCUT2D eigenvalue weighted by atomic mass is 16.5. The molecule has 0 aliphatic heterocycles. The number of amides is 2. The van der Waals surface area contributed by atoms with E-state index in [0.717, 1.165) is 18.4 Å². The SMILES string of the molecule is CCOC(=O)/C=C/[C@H](CCC(N)=O)NC(=O)c1ccccc1CCc1ccccc1. The van der Waals surface area contributed by atoms with Crippen molar-refractivity contribution in [1.29, 1.82) is 0 Å². The van der Waals surface area contributed by atoms with Gasteiger partial charge in [-0.15, -0.1) is 0 Å². The molecule has 30 heavy (non-hydrogen) atoms. The summed E-state index contributed by atoms with van der Waals surface area (Å²) in [6.07, 6.45) is 4.72. The van der Waals surface area contributed by atoms with Crippen molar-refractivity contribution >= 4 is 17.8 Å². The molecule has 0 saturated heterocycles. The molecule has 0 radical (unpaired) electrons. The van der Waals surface area contributed by atoms with Crippen LogP contribution in [0.1, 0.15) is 41.3 Å². The summed E-state index contributed by atoms with van der Waals surface area (Å²) in [6.45, 7) is 1.97. The lowest BCUT2D eigenvalue weighted by Crippen LogP contribution is -2.35. The molecule has 6 heteroatoms. The predicted octanol–water partition coefficient (Wildman–Crippen LogP) is 2.96. The first-order chi connectivity index (χ1) is 14.5. The topological polar surface area (TPSA) is 98.5 Å². The lowest BCUT2D eigenvalue weighted by molar-refractivity contribution is -0.137. The van der Waals surface area contributed by atoms with Gasteiger partial charge in [-0.05, 0) is 43.4 Å². The van der Waals surface area contributed by atoms with Gasteiger partial charge in [0.05, 0.1) is 6.61 Å². The standard InChI is InChI=1S/C24H28N2O4/c1-2-30-23(28)17-15-20(14-16-22(25)27)26-24(29)21-11-7-6-10-19(21)13-12-18-8-4-3-5-9-18/h3-11,15,17,20H,2,12-14,16H2,1H3,(H2,25,27)(H,26,29)/b17-15+/t20-/m0/s1. The Labute approximate surface area is 177 Å². The molecule has 0 saturated carbocycles. The summed E-state index contributed by atoms with van der Waals surface area (Å²) in [6, 6.07) is 17.0. The van der Waals surface area contributed by atoms with E-state index >= 15 is 0 Å². The van der Waals surface area contributed by atoms with E-state index in [4.69, 9.17) is 10.5 Å². The fourth-order valence-corrected chi connectivity index (χ4v) is 3.03. The molecule has 2 amide bonds. The normalized spacial score (nSPS) is 11.8. The summed E-state index contributed by atoms with van der Waals surface area (Å²) < 4.78 is 4.87. The average Bonchev–Trinajstić information content (AvgIpc) is 2.75. The van der Waals surface area contributed by atoms with E-state index < -0.39 is 17.9 Å². The van der Waals surface area contributed by atoms with Gasteiger partial charge < -0.3 is 15.8 Å². The third kappa shape index (κ3) is 7.91. The van der Waals surface area contributed by atoms with Crippen molar-refractivity contribution < 1.29 is 19.1 Å². The minimum atomic E-state index is -0.517. The zero-order valence-electron chi connectivity index (χ0n) is 17.2. The Bertz CT molecular complexity index is 878. The second-order valence-corrected chi connectivity index (χ2v) is 6.84. The Morgan fingerprint density at radius 2 is 1.73 bits per heavy atom. The van der Waals surface area contributed by atoms with Crippen molar-refractivity contribution in [3.05, 3.63) is 83.4 Å². The molecule has 0 aliphatic rings. The van der Waals surface area contributed by atoms with E-state index in [1.54, 1.807) is 13.0 Å². The van der Waals surface area contributed by atoms with Crippen molar-refractivity contribution in [2.45, 2.75) is 38.6 Å². The maximum absolute atomic E-state index is 12.9. The monoisotopic (exact) mass is 408 g/mol. The van der Waals surface area contributed by atoms with E-state index in [-0.39, 0.29) is 18.9 Å². The van der Waals surface area contributed by atoms with Crippen LogP contribution in [0.3, 0.4) is 0 Å². The van der Waals surface area contributed by atoms with E-state index in [9.17, 15) is 14.4 Å². The van der Waals surface area contributed by atoms with Gasteiger partial charge in [-0.25, -0.2) is 4.79 Å². The van der Waals surface area contributed by atoms with Crippen LogP contribution in [-0.4, -0.2) is 30.4 Å². The predicted molar refractivity (Wildman–Crippen MR) is 116 cm³/mol. The Balaban J connectivity index is 2.09. The highest BCUT2D eigenvalue weighted by Crippen LogP contribution is 2.14. The third-order valence-electron chi connectivity index (χ3n) is 4.56. The fraction of sp³-hybridized carbons (Fsp3) is 0.292. The highest BCUT2D eigenvalue weighted by molar-refractivity contribution is 5.96. The first-order valence-electron chi connectivity index (χ1n) is 10.1.